The van der Waals surface area contributed by atoms with Gasteiger partial charge < -0.3 is 19.3 Å². The van der Waals surface area contributed by atoms with Gasteiger partial charge in [0.15, 0.2) is 5.75 Å². The largest absolute Gasteiger partial charge is 0.749 e. The number of benzene rings is 10. The van der Waals surface area contributed by atoms with Crippen LogP contribution < -0.4 is 4.52 Å². The van der Waals surface area contributed by atoms with Crippen LogP contribution in [0.15, 0.2) is 255 Å². The maximum absolute atomic E-state index is 10.7. The highest BCUT2D eigenvalue weighted by Crippen LogP contribution is 2.57. The van der Waals surface area contributed by atoms with Crippen LogP contribution in [0.2, 0.25) is 0 Å². The number of para-hydroxylation sites is 2. The van der Waals surface area contributed by atoms with Crippen molar-refractivity contribution in [2.45, 2.75) is 37.1 Å². The maximum atomic E-state index is 10.7. The first-order valence-electron chi connectivity index (χ1n) is 21.5. The normalized spacial score (nSPS) is 9.09. The summed E-state index contributed by atoms with van der Waals surface area (Å²) in [6.45, 7) is 0. The first kappa shape index (κ1) is 89.1. The van der Waals surface area contributed by atoms with Gasteiger partial charge in [-0.15, -0.1) is 41.7 Å². The standard InChI is InChI=1S/4C10H8.C7H8O3P.C6H6O.2CH3Cl2O2P.CH4O.5CH4.3ClH/c4*1-2-6-10-8-4-3-7-9(10)5-1;1-9-11(8)10-7-5-3-2-4-6-7;7-6-4-2-1-3-5-6;2*1-5-6(2,3)4;1-2;;;;;;;;/h4*1-8H;2-6H,1H3;1-5,7H;2*1H3;2H,1H3;5*1H4;3*1H/q;;;;+1;;;;;;;;;;;;. The Morgan fingerprint density at radius 2 is 0.487 bits per heavy atom. The third kappa shape index (κ3) is 42.2. The number of hydrogen-bond donors (Lipinski definition) is 2. The van der Waals surface area contributed by atoms with E-state index in [-0.39, 0.29) is 74.4 Å². The predicted molar refractivity (Wildman–Crippen MR) is 362 cm³/mol. The second kappa shape index (κ2) is 53.6. The van der Waals surface area contributed by atoms with Gasteiger partial charge in [-0.1, -0.05) is 268 Å². The molecule has 0 saturated carbocycles. The molecule has 0 heterocycles. The summed E-state index contributed by atoms with van der Waals surface area (Å²) in [5.41, 5.74) is 0. The van der Waals surface area contributed by atoms with Crippen molar-refractivity contribution < 1.29 is 42.0 Å². The van der Waals surface area contributed by atoms with Crippen LogP contribution in [-0.2, 0) is 27.3 Å². The molecule has 0 aliphatic heterocycles. The van der Waals surface area contributed by atoms with E-state index < -0.39 is 20.4 Å². The molecule has 80 heavy (non-hydrogen) atoms. The molecule has 0 fully saturated rings. The van der Waals surface area contributed by atoms with Gasteiger partial charge in [0.2, 0.25) is 0 Å². The van der Waals surface area contributed by atoms with Gasteiger partial charge in [-0.25, -0.2) is 4.52 Å². The van der Waals surface area contributed by atoms with Crippen LogP contribution in [0.4, 0.5) is 0 Å². The molecular weight excluding hydrogens is 1220 g/mol. The van der Waals surface area contributed by atoms with Gasteiger partial charge in [-0.05, 0) is 112 Å². The number of rotatable bonds is 5. The van der Waals surface area contributed by atoms with Crippen LogP contribution in [0, 0.1) is 0 Å². The Hall–Kier alpha value is -4.73. The molecule has 440 valence electrons. The van der Waals surface area contributed by atoms with Gasteiger partial charge in [-0.2, -0.15) is 0 Å². The van der Waals surface area contributed by atoms with Gasteiger partial charge >= 0.3 is 20.4 Å². The van der Waals surface area contributed by atoms with Crippen LogP contribution >= 0.6 is 103 Å². The lowest BCUT2D eigenvalue weighted by Crippen LogP contribution is -1.80. The van der Waals surface area contributed by atoms with Gasteiger partial charge in [0.05, 0.1) is 7.11 Å². The molecule has 1 atom stereocenters. The highest BCUT2D eigenvalue weighted by Gasteiger charge is 2.18. The number of phenolic OH excluding ortho intramolecular Hbond substituents is 1. The van der Waals surface area contributed by atoms with E-state index in [1.54, 1.807) is 48.5 Å². The fourth-order valence-electron chi connectivity index (χ4n) is 5.56. The molecule has 0 aliphatic rings. The molecule has 1 unspecified atom stereocenters. The molecule has 2 N–H and O–H groups in total. The van der Waals surface area contributed by atoms with Gasteiger partial charge in [0.1, 0.15) is 5.75 Å². The van der Waals surface area contributed by atoms with Crippen LogP contribution in [0.5, 0.6) is 11.5 Å². The summed E-state index contributed by atoms with van der Waals surface area (Å²) in [7, 11) is 2.69. The summed E-state index contributed by atoms with van der Waals surface area (Å²) in [6, 6.07) is 84.4. The molecule has 0 aromatic heterocycles. The first-order valence-corrected chi connectivity index (χ1v) is 29.5. The lowest BCUT2D eigenvalue weighted by molar-refractivity contribution is 0.349. The minimum Gasteiger partial charge on any atom is -0.508 e. The summed E-state index contributed by atoms with van der Waals surface area (Å²) < 4.78 is 47.8. The third-order valence-electron chi connectivity index (χ3n) is 8.89. The second-order valence-corrected chi connectivity index (χ2v) is 23.5. The number of aromatic hydroxyl groups is 1. The van der Waals surface area contributed by atoms with E-state index in [1.807, 2.05) is 12.1 Å². The van der Waals surface area contributed by atoms with E-state index in [9.17, 15) is 13.7 Å². The first-order chi connectivity index (χ1) is 34.7. The van der Waals surface area contributed by atoms with E-state index in [2.05, 4.69) is 208 Å². The molecule has 0 radical (unpaired) electrons. The van der Waals surface area contributed by atoms with Crippen molar-refractivity contribution in [2.75, 3.05) is 28.4 Å². The van der Waals surface area contributed by atoms with Crippen LogP contribution in [0.25, 0.3) is 43.1 Å². The van der Waals surface area contributed by atoms with Crippen molar-refractivity contribution in [1.29, 1.82) is 0 Å². The maximum Gasteiger partial charge on any atom is 0.749 e. The average Bonchev–Trinajstić information content (AvgIpc) is 3.43. The summed E-state index contributed by atoms with van der Waals surface area (Å²) in [5, 5.41) is 26.1. The molecule has 10 rings (SSSR count). The highest BCUT2D eigenvalue weighted by molar-refractivity contribution is 8.05. The molecule has 19 heteroatoms. The SMILES string of the molecule is C.C.C.C.C.CO.COP(=O)(Cl)Cl.COP(=O)(Cl)Cl.CO[P+](=O)Oc1ccccc1.Cl.Cl.Cl.Oc1ccccc1.c1ccc2ccccc2c1.c1ccc2ccccc2c1.c1ccc2ccccc2c1.c1ccc2ccccc2c1. The molecule has 10 aromatic carbocycles. The summed E-state index contributed by atoms with van der Waals surface area (Å²) >= 11 is 19.3. The molecule has 0 aliphatic carbocycles. The molecule has 0 spiro atoms. The molecule has 10 aromatic rings. The Bertz CT molecular complexity index is 2550. The molecular formula is C61H79Cl7O9P3+. The van der Waals surface area contributed by atoms with E-state index in [0.29, 0.717) is 11.5 Å². The number of fused-ring (bicyclic) bond motifs is 4. The second-order valence-electron chi connectivity index (χ2n) is 13.7. The zero-order valence-electron chi connectivity index (χ0n) is 41.1. The van der Waals surface area contributed by atoms with E-state index in [0.717, 1.165) is 7.11 Å². The van der Waals surface area contributed by atoms with Crippen molar-refractivity contribution in [3.8, 4) is 11.5 Å². The van der Waals surface area contributed by atoms with Crippen molar-refractivity contribution in [1.82, 2.24) is 0 Å². The number of hydrogen-bond acceptors (Lipinski definition) is 9. The molecule has 0 saturated heterocycles. The minimum atomic E-state index is -3.20. The van der Waals surface area contributed by atoms with Gasteiger partial charge in [0, 0.05) is 25.9 Å². The average molecular weight is 1300 g/mol. The van der Waals surface area contributed by atoms with Gasteiger partial charge in [0.25, 0.3) is 0 Å². The molecule has 9 nitrogen and oxygen atoms in total. The fraction of sp³-hybridized carbons (Fsp3) is 0.148. The number of phenols is 1. The van der Waals surface area contributed by atoms with E-state index >= 15 is 0 Å². The Balaban J connectivity index is -0.000000151. The number of halogens is 7. The Morgan fingerprint density at radius 3 is 0.613 bits per heavy atom. The Morgan fingerprint density at radius 1 is 0.338 bits per heavy atom. The van der Waals surface area contributed by atoms with Crippen LogP contribution in [0.3, 0.4) is 0 Å². The number of aliphatic hydroxyl groups is 1. The zero-order chi connectivity index (χ0) is 52.9. The van der Waals surface area contributed by atoms with Gasteiger partial charge in [-0.3, -0.25) is 9.13 Å². The lowest BCUT2D eigenvalue weighted by atomic mass is 10.1. The number of aliphatic hydroxyl groups excluding tert-OH is 1. The monoisotopic (exact) mass is 1290 g/mol. The fourth-order valence-corrected chi connectivity index (χ4v) is 5.93. The van der Waals surface area contributed by atoms with E-state index in [4.69, 9.17) is 59.7 Å². The summed E-state index contributed by atoms with van der Waals surface area (Å²) in [5.74, 6) is 0.873. The summed E-state index contributed by atoms with van der Waals surface area (Å²) in [6.07, 6.45) is -6.40. The minimum absolute atomic E-state index is 0. The van der Waals surface area contributed by atoms with Crippen molar-refractivity contribution in [3.63, 3.8) is 0 Å². The van der Waals surface area contributed by atoms with Crippen molar-refractivity contribution >= 4 is 146 Å². The topological polar surface area (TPSA) is 129 Å². The van der Waals surface area contributed by atoms with E-state index in [1.165, 1.54) is 64.4 Å². The van der Waals surface area contributed by atoms with Crippen LogP contribution in [-0.4, -0.2) is 38.7 Å². The van der Waals surface area contributed by atoms with Crippen molar-refractivity contribution in [3.05, 3.63) is 255 Å². The Kier molecular flexibility index (Phi) is 59.7. The quantitative estimate of drug-likeness (QED) is 0.162. The molecule has 0 amide bonds. The predicted octanol–water partition coefficient (Wildman–Crippen LogP) is 23.6. The third-order valence-corrected chi connectivity index (χ3v) is 12.1. The molecule has 0 bridgehead atoms. The van der Waals surface area contributed by atoms with Crippen molar-refractivity contribution in [2.24, 2.45) is 0 Å². The lowest BCUT2D eigenvalue weighted by Gasteiger charge is -1.92. The highest BCUT2D eigenvalue weighted by atomic mass is 35.9. The Labute approximate surface area is 515 Å². The zero-order valence-corrected chi connectivity index (χ0v) is 49.2. The van der Waals surface area contributed by atoms with Crippen LogP contribution in [0.1, 0.15) is 37.1 Å². The summed E-state index contributed by atoms with van der Waals surface area (Å²) in [4.78, 5) is 0. The smallest absolute Gasteiger partial charge is 0.508 e.